The van der Waals surface area contributed by atoms with E-state index in [0.717, 1.165) is 29.7 Å². The van der Waals surface area contributed by atoms with E-state index in [4.69, 9.17) is 28.0 Å². The maximum absolute atomic E-state index is 10.8. The molecule has 2 unspecified atom stereocenters. The van der Waals surface area contributed by atoms with Crippen molar-refractivity contribution in [2.24, 2.45) is 92.1 Å². The number of aliphatic imine (C=N–C) groups is 2. The van der Waals surface area contributed by atoms with Crippen LogP contribution in [0.3, 0.4) is 0 Å². The number of aliphatic hydroxyl groups excluding tert-OH is 3. The Balaban J connectivity index is -0.000000135. The number of primary amides is 2. The molecule has 0 aliphatic heterocycles. The third-order valence-electron chi connectivity index (χ3n) is 11.4. The number of aliphatic hydroxyl groups is 3. The zero-order chi connectivity index (χ0) is 71.8. The van der Waals surface area contributed by atoms with Crippen molar-refractivity contribution in [1.82, 2.24) is 30.6 Å². The zero-order valence-corrected chi connectivity index (χ0v) is 63.7. The molecule has 0 aliphatic carbocycles. The largest absolute Gasteiger partial charge is 0.512 e. The number of amidine groups is 2. The molecule has 0 spiro atoms. The predicted octanol–water partition coefficient (Wildman–Crippen LogP) is 15.3. The maximum Gasteiger partial charge on any atom is 0.222 e. The molecule has 3 amide bonds. The number of imidazole rings is 2. The molecule has 18 nitrogen and oxygen atoms in total. The van der Waals surface area contributed by atoms with Gasteiger partial charge in [-0.1, -0.05) is 194 Å². The van der Waals surface area contributed by atoms with Gasteiger partial charge < -0.3 is 53.5 Å². The first-order valence-corrected chi connectivity index (χ1v) is 32.9. The number of aromatic amines is 2. The highest BCUT2D eigenvalue weighted by molar-refractivity contribution is 5.82. The molecule has 0 fully saturated rings. The molecule has 0 radical (unpaired) electrons. The third-order valence-corrected chi connectivity index (χ3v) is 11.4. The lowest BCUT2D eigenvalue weighted by Crippen LogP contribution is -2.38. The van der Waals surface area contributed by atoms with Crippen molar-refractivity contribution in [1.29, 1.82) is 0 Å². The molecular formula is C70H148N12O6. The number of carbonyl (C=O) groups is 3. The van der Waals surface area contributed by atoms with E-state index in [1.54, 1.807) is 27.7 Å². The van der Waals surface area contributed by atoms with Gasteiger partial charge in [-0.2, -0.15) is 0 Å². The standard InChI is InChI=1S/2C9H16N2.C8H18O.C8H16O.2C7H16N2.C7H17NO.C7H15NO.2C4H9NO/c2*1-6(2)8-5-10-9(11-8)7(3)4;2*1-6(2)5-8(9)7(3)4;2*1-5(2)7(8)9-6(3)4;2*1-5(2)7(9)8-6(3)4;2*1-3(2)4(5)6/h2*5-7H,1-4H3,(H,10,11);6-9H,5H2,1-4H3;5-7,9H,1-4H3;2*5-6H,1-4H3,(H2,8,9);5-9H,1-4H3;5-6H,1-4H3,(H,8,9);2*3H,1-2H3,(H2,5,6)/b;;;8-5-;;;;;;. The molecule has 0 aliphatic rings. The van der Waals surface area contributed by atoms with Gasteiger partial charge in [0.1, 0.15) is 17.9 Å². The van der Waals surface area contributed by atoms with E-state index in [1.807, 2.05) is 157 Å². The Bertz CT molecular complexity index is 1840. The van der Waals surface area contributed by atoms with Gasteiger partial charge in [0.25, 0.3) is 0 Å². The van der Waals surface area contributed by atoms with Crippen LogP contribution >= 0.6 is 0 Å². The SMILES string of the molecule is CC(C)/C=C(\O)C(C)C.CC(C)C(N)=O.CC(C)C(N)=O.CC(C)CC(O)C(C)C.CC(C)N=C(N)C(C)C.CC(C)N=C(N)C(C)C.CC(C)NC(=O)C(C)C.CC(C)NC(O)C(C)C.CC(C)c1cnc(C(C)C)[nH]1.CC(C)c1cnc(C(C)C)[nH]1. The van der Waals surface area contributed by atoms with Gasteiger partial charge in [-0.3, -0.25) is 29.7 Å². The first-order chi connectivity index (χ1) is 39.7. The molecule has 2 rings (SSSR count). The summed E-state index contributed by atoms with van der Waals surface area (Å²) < 4.78 is 0. The first kappa shape index (κ1) is 99.4. The van der Waals surface area contributed by atoms with Crippen molar-refractivity contribution in [3.05, 3.63) is 47.3 Å². The molecule has 524 valence electrons. The van der Waals surface area contributed by atoms with E-state index < -0.39 is 0 Å². The number of hydrogen-bond donors (Lipinski definition) is 11. The van der Waals surface area contributed by atoms with Crippen LogP contribution in [0, 0.1) is 59.2 Å². The van der Waals surface area contributed by atoms with Gasteiger partial charge in [-0.05, 0) is 103 Å². The Kier molecular flexibility index (Phi) is 64.8. The van der Waals surface area contributed by atoms with Gasteiger partial charge in [0.2, 0.25) is 17.7 Å². The number of amides is 3. The molecule has 2 aromatic heterocycles. The summed E-state index contributed by atoms with van der Waals surface area (Å²) in [5, 5.41) is 33.4. The third kappa shape index (κ3) is 71.9. The van der Waals surface area contributed by atoms with Crippen molar-refractivity contribution in [2.45, 2.75) is 316 Å². The summed E-state index contributed by atoms with van der Waals surface area (Å²) in [6, 6.07) is 1.28. The second-order valence-electron chi connectivity index (χ2n) is 28.0. The monoisotopic (exact) mass is 1250 g/mol. The van der Waals surface area contributed by atoms with Gasteiger partial charge in [-0.15, -0.1) is 0 Å². The van der Waals surface area contributed by atoms with Crippen LogP contribution in [0.15, 0.2) is 34.2 Å². The Morgan fingerprint density at radius 1 is 0.477 bits per heavy atom. The molecule has 0 saturated heterocycles. The van der Waals surface area contributed by atoms with Crippen molar-refractivity contribution in [3.63, 3.8) is 0 Å². The lowest BCUT2D eigenvalue weighted by atomic mass is 9.98. The lowest BCUT2D eigenvalue weighted by Gasteiger charge is -2.18. The van der Waals surface area contributed by atoms with E-state index in [9.17, 15) is 24.6 Å². The maximum atomic E-state index is 10.8. The number of rotatable bonds is 20. The number of nitrogens with zero attached hydrogens (tertiary/aromatic N) is 4. The number of hydrogen-bond acceptors (Lipinski definition) is 11. The summed E-state index contributed by atoms with van der Waals surface area (Å²) in [7, 11) is 0. The lowest BCUT2D eigenvalue weighted by molar-refractivity contribution is -0.124. The zero-order valence-electron chi connectivity index (χ0n) is 63.7. The topological polar surface area (TPSA) is 322 Å². The Hall–Kier alpha value is -4.81. The molecule has 18 heteroatoms. The number of allylic oxidation sites excluding steroid dienone is 2. The van der Waals surface area contributed by atoms with Crippen molar-refractivity contribution in [3.8, 4) is 0 Å². The molecule has 0 aromatic carbocycles. The van der Waals surface area contributed by atoms with Crippen LogP contribution in [0.5, 0.6) is 0 Å². The van der Waals surface area contributed by atoms with E-state index >= 15 is 0 Å². The summed E-state index contributed by atoms with van der Waals surface area (Å²) in [6.45, 7) is 72.7. The van der Waals surface area contributed by atoms with Crippen LogP contribution in [-0.2, 0) is 14.4 Å². The van der Waals surface area contributed by atoms with Crippen LogP contribution in [0.25, 0.3) is 0 Å². The molecule has 2 atom stereocenters. The Morgan fingerprint density at radius 2 is 0.795 bits per heavy atom. The quantitative estimate of drug-likeness (QED) is 0.0256. The molecule has 88 heavy (non-hydrogen) atoms. The summed E-state index contributed by atoms with van der Waals surface area (Å²) in [5.41, 5.74) is 23.2. The Morgan fingerprint density at radius 3 is 0.886 bits per heavy atom. The van der Waals surface area contributed by atoms with Crippen molar-refractivity contribution in [2.75, 3.05) is 0 Å². The van der Waals surface area contributed by atoms with Gasteiger partial charge in [0.05, 0.1) is 23.5 Å². The van der Waals surface area contributed by atoms with Crippen molar-refractivity contribution < 1.29 is 29.7 Å². The van der Waals surface area contributed by atoms with Crippen molar-refractivity contribution >= 4 is 29.4 Å². The highest BCUT2D eigenvalue weighted by Gasteiger charge is 2.12. The summed E-state index contributed by atoms with van der Waals surface area (Å²) in [5.74, 6) is 8.84. The molecule has 2 heterocycles. The van der Waals surface area contributed by atoms with Crippen LogP contribution in [0.2, 0.25) is 0 Å². The summed E-state index contributed by atoms with van der Waals surface area (Å²) in [4.78, 5) is 54.2. The minimum atomic E-state index is -0.356. The average Bonchev–Trinajstić information content (AvgIpc) is 4.07. The molecule has 2 aromatic rings. The predicted molar refractivity (Wildman–Crippen MR) is 383 cm³/mol. The fourth-order valence-corrected chi connectivity index (χ4v) is 5.05. The number of H-pyrrole nitrogens is 2. The second-order valence-corrected chi connectivity index (χ2v) is 28.0. The smallest absolute Gasteiger partial charge is 0.222 e. The summed E-state index contributed by atoms with van der Waals surface area (Å²) >= 11 is 0. The Labute approximate surface area is 542 Å². The van der Waals surface area contributed by atoms with Crippen LogP contribution in [0.1, 0.15) is 302 Å². The molecule has 15 N–H and O–H groups in total. The van der Waals surface area contributed by atoms with Gasteiger partial charge >= 0.3 is 0 Å². The van der Waals surface area contributed by atoms with E-state index in [1.165, 1.54) is 11.4 Å². The van der Waals surface area contributed by atoms with Gasteiger partial charge in [-0.25, -0.2) is 9.97 Å². The van der Waals surface area contributed by atoms with Crippen LogP contribution in [-0.4, -0.2) is 101 Å². The summed E-state index contributed by atoms with van der Waals surface area (Å²) in [6.07, 6.45) is 6.21. The van der Waals surface area contributed by atoms with Crippen LogP contribution in [0.4, 0.5) is 0 Å². The fraction of sp³-hybridized carbons (Fsp3) is 0.814. The van der Waals surface area contributed by atoms with Gasteiger partial charge in [0, 0.05) is 95.3 Å². The van der Waals surface area contributed by atoms with E-state index in [-0.39, 0.29) is 59.8 Å². The van der Waals surface area contributed by atoms with E-state index in [2.05, 4.69) is 124 Å². The number of aromatic nitrogens is 4. The van der Waals surface area contributed by atoms with Gasteiger partial charge in [0.15, 0.2) is 0 Å². The molecule has 0 bridgehead atoms. The second kappa shape index (κ2) is 57.4. The number of nitrogens with two attached hydrogens (primary N) is 4. The molecular weight excluding hydrogens is 1100 g/mol. The fourth-order valence-electron chi connectivity index (χ4n) is 5.05. The average molecular weight is 1250 g/mol. The highest BCUT2D eigenvalue weighted by Crippen LogP contribution is 2.17. The normalized spacial score (nSPS) is 12.3. The van der Waals surface area contributed by atoms with Crippen LogP contribution < -0.4 is 33.6 Å². The molecule has 0 saturated carbocycles. The number of carbonyl (C=O) groups excluding carboxylic acids is 3. The highest BCUT2D eigenvalue weighted by atomic mass is 16.3. The first-order valence-electron chi connectivity index (χ1n) is 32.9. The minimum Gasteiger partial charge on any atom is -0.512 e. The van der Waals surface area contributed by atoms with E-state index in [0.29, 0.717) is 83.1 Å². The number of nitrogens with one attached hydrogen (secondary N) is 4. The minimum absolute atomic E-state index is 0.00926.